The molecule has 0 atom stereocenters. The van der Waals surface area contributed by atoms with E-state index in [1.165, 1.54) is 0 Å². The summed E-state index contributed by atoms with van der Waals surface area (Å²) in [6.45, 7) is 1.62. The van der Waals surface area contributed by atoms with Gasteiger partial charge in [-0.15, -0.1) is 0 Å². The van der Waals surface area contributed by atoms with Crippen molar-refractivity contribution in [2.45, 2.75) is 6.92 Å². The van der Waals surface area contributed by atoms with Gasteiger partial charge >= 0.3 is 11.7 Å². The fourth-order valence-corrected chi connectivity index (χ4v) is 1.62. The largest absolute Gasteiger partial charge is 0.477 e. The Balaban J connectivity index is 2.71. The molecule has 0 aliphatic rings. The molecule has 0 amide bonds. The second-order valence-electron chi connectivity index (χ2n) is 3.56. The highest BCUT2D eigenvalue weighted by atomic mass is 16.4. The van der Waals surface area contributed by atoms with Gasteiger partial charge in [0, 0.05) is 11.1 Å². The van der Waals surface area contributed by atoms with E-state index in [9.17, 15) is 9.59 Å². The molecule has 0 aliphatic carbocycles. The van der Waals surface area contributed by atoms with Crippen molar-refractivity contribution in [2.75, 3.05) is 0 Å². The van der Waals surface area contributed by atoms with Crippen LogP contribution in [0.1, 0.15) is 16.1 Å². The first-order valence-corrected chi connectivity index (χ1v) is 4.99. The van der Waals surface area contributed by atoms with E-state index in [0.29, 0.717) is 11.3 Å². The number of aromatic carboxylic acids is 1. The number of aromatic nitrogens is 2. The van der Waals surface area contributed by atoms with Gasteiger partial charge in [0.2, 0.25) is 0 Å². The number of H-pyrrole nitrogens is 1. The molecule has 5 heteroatoms. The van der Waals surface area contributed by atoms with Crippen LogP contribution in [0.4, 0.5) is 0 Å². The molecule has 0 bridgehead atoms. The van der Waals surface area contributed by atoms with Gasteiger partial charge in [0.25, 0.3) is 0 Å². The highest BCUT2D eigenvalue weighted by molar-refractivity contribution is 5.88. The number of benzene rings is 1. The Morgan fingerprint density at radius 1 is 1.29 bits per heavy atom. The van der Waals surface area contributed by atoms with Gasteiger partial charge in [-0.2, -0.15) is 4.98 Å². The predicted molar refractivity (Wildman–Crippen MR) is 62.0 cm³/mol. The quantitative estimate of drug-likeness (QED) is 0.817. The number of carboxylic acid groups (broad SMARTS) is 1. The highest BCUT2D eigenvalue weighted by Crippen LogP contribution is 2.20. The average Bonchev–Trinajstić information content (AvgIpc) is 2.32. The molecule has 2 aromatic rings. The highest BCUT2D eigenvalue weighted by Gasteiger charge is 2.14. The molecule has 1 heterocycles. The molecule has 0 fully saturated rings. The van der Waals surface area contributed by atoms with Gasteiger partial charge < -0.3 is 5.11 Å². The van der Waals surface area contributed by atoms with E-state index in [0.717, 1.165) is 5.56 Å². The first kappa shape index (κ1) is 11.1. The van der Waals surface area contributed by atoms with Gasteiger partial charge in [0.05, 0.1) is 5.69 Å². The molecule has 5 nitrogen and oxygen atoms in total. The summed E-state index contributed by atoms with van der Waals surface area (Å²) in [6, 6.07) is 9.00. The summed E-state index contributed by atoms with van der Waals surface area (Å²) in [6.07, 6.45) is 0. The molecule has 1 aromatic heterocycles. The summed E-state index contributed by atoms with van der Waals surface area (Å²) >= 11 is 0. The zero-order valence-electron chi connectivity index (χ0n) is 9.10. The number of rotatable bonds is 2. The molecule has 0 aliphatic heterocycles. The number of carbonyl (C=O) groups is 1. The van der Waals surface area contributed by atoms with Gasteiger partial charge in [-0.1, -0.05) is 30.3 Å². The van der Waals surface area contributed by atoms with E-state index in [1.807, 2.05) is 6.07 Å². The third-order valence-corrected chi connectivity index (χ3v) is 2.44. The summed E-state index contributed by atoms with van der Waals surface area (Å²) in [5.41, 5.74) is 0.782. The fraction of sp³-hybridized carbons (Fsp3) is 0.0833. The van der Waals surface area contributed by atoms with Crippen LogP contribution in [0.2, 0.25) is 0 Å². The summed E-state index contributed by atoms with van der Waals surface area (Å²) in [5, 5.41) is 8.96. The van der Waals surface area contributed by atoms with E-state index in [-0.39, 0.29) is 5.69 Å². The van der Waals surface area contributed by atoms with Crippen LogP contribution in [0.3, 0.4) is 0 Å². The molecule has 2 N–H and O–H groups in total. The normalized spacial score (nSPS) is 10.2. The predicted octanol–water partition coefficient (Wildman–Crippen LogP) is 1.44. The number of nitrogens with one attached hydrogen (secondary N) is 1. The average molecular weight is 230 g/mol. The first-order chi connectivity index (χ1) is 8.09. The van der Waals surface area contributed by atoms with Crippen LogP contribution in [0.25, 0.3) is 11.3 Å². The summed E-state index contributed by atoms with van der Waals surface area (Å²) in [7, 11) is 0. The smallest absolute Gasteiger partial charge is 0.352 e. The third kappa shape index (κ3) is 2.08. The minimum atomic E-state index is -1.17. The number of nitrogens with zero attached hydrogens (tertiary/aromatic N) is 1. The molecule has 0 unspecified atom stereocenters. The topological polar surface area (TPSA) is 83.0 Å². The molecule has 0 saturated carbocycles. The standard InChI is InChI=1S/C12H10N2O3/c1-7-9(8-5-3-2-4-6-8)13-12(17)14-10(7)11(15)16/h2-6H,1H3,(H,15,16)(H,13,14,17). The first-order valence-electron chi connectivity index (χ1n) is 4.99. The van der Waals surface area contributed by atoms with Gasteiger partial charge in [0.1, 0.15) is 5.69 Å². The summed E-state index contributed by atoms with van der Waals surface area (Å²) < 4.78 is 0. The zero-order valence-corrected chi connectivity index (χ0v) is 9.10. The van der Waals surface area contributed by atoms with E-state index in [1.54, 1.807) is 31.2 Å². The minimum absolute atomic E-state index is 0.121. The zero-order chi connectivity index (χ0) is 12.4. The third-order valence-electron chi connectivity index (χ3n) is 2.44. The Kier molecular flexibility index (Phi) is 2.74. The van der Waals surface area contributed by atoms with Crippen molar-refractivity contribution in [3.8, 4) is 11.3 Å². The van der Waals surface area contributed by atoms with Crippen LogP contribution >= 0.6 is 0 Å². The van der Waals surface area contributed by atoms with Gasteiger partial charge in [0.15, 0.2) is 0 Å². The molecule has 0 saturated heterocycles. The van der Waals surface area contributed by atoms with Crippen molar-refractivity contribution in [1.82, 2.24) is 9.97 Å². The van der Waals surface area contributed by atoms with Crippen LogP contribution in [0.15, 0.2) is 35.1 Å². The number of aromatic amines is 1. The summed E-state index contributed by atoms with van der Waals surface area (Å²) in [4.78, 5) is 28.3. The van der Waals surface area contributed by atoms with Crippen LogP contribution in [0.5, 0.6) is 0 Å². The fourth-order valence-electron chi connectivity index (χ4n) is 1.62. The van der Waals surface area contributed by atoms with Crippen molar-refractivity contribution in [1.29, 1.82) is 0 Å². The van der Waals surface area contributed by atoms with Crippen LogP contribution in [-0.4, -0.2) is 21.0 Å². The van der Waals surface area contributed by atoms with Gasteiger partial charge in [-0.25, -0.2) is 9.59 Å². The molecule has 1 aromatic carbocycles. The maximum Gasteiger partial charge on any atom is 0.352 e. The lowest BCUT2D eigenvalue weighted by molar-refractivity contribution is 0.0689. The Morgan fingerprint density at radius 2 is 1.94 bits per heavy atom. The number of hydrogen-bond donors (Lipinski definition) is 2. The molecule has 17 heavy (non-hydrogen) atoms. The Bertz CT molecular complexity index is 617. The molecule has 2 rings (SSSR count). The molecule has 0 spiro atoms. The lowest BCUT2D eigenvalue weighted by Gasteiger charge is -2.06. The van der Waals surface area contributed by atoms with Crippen LogP contribution in [0, 0.1) is 6.92 Å². The van der Waals surface area contributed by atoms with Crippen molar-refractivity contribution < 1.29 is 9.90 Å². The van der Waals surface area contributed by atoms with E-state index >= 15 is 0 Å². The van der Waals surface area contributed by atoms with Crippen molar-refractivity contribution in [3.05, 3.63) is 52.1 Å². The van der Waals surface area contributed by atoms with E-state index in [4.69, 9.17) is 5.11 Å². The van der Waals surface area contributed by atoms with E-state index < -0.39 is 11.7 Å². The second kappa shape index (κ2) is 4.21. The molecular formula is C12H10N2O3. The van der Waals surface area contributed by atoms with Crippen molar-refractivity contribution >= 4 is 5.97 Å². The molecule has 0 radical (unpaired) electrons. The minimum Gasteiger partial charge on any atom is -0.477 e. The Hall–Kier alpha value is -2.43. The lowest BCUT2D eigenvalue weighted by atomic mass is 10.1. The molecule has 86 valence electrons. The second-order valence-corrected chi connectivity index (χ2v) is 3.56. The maximum atomic E-state index is 11.3. The van der Waals surface area contributed by atoms with E-state index in [2.05, 4.69) is 9.97 Å². The number of hydrogen-bond acceptors (Lipinski definition) is 3. The monoisotopic (exact) mass is 230 g/mol. The maximum absolute atomic E-state index is 11.3. The Labute approximate surface area is 96.8 Å². The van der Waals surface area contributed by atoms with Crippen LogP contribution in [-0.2, 0) is 0 Å². The SMILES string of the molecule is Cc1c(-c2ccccc2)nc(=O)[nH]c1C(=O)O. The Morgan fingerprint density at radius 3 is 2.53 bits per heavy atom. The van der Waals surface area contributed by atoms with Gasteiger partial charge in [-0.3, -0.25) is 4.98 Å². The summed E-state index contributed by atoms with van der Waals surface area (Å²) in [5.74, 6) is -1.17. The van der Waals surface area contributed by atoms with Crippen molar-refractivity contribution in [2.24, 2.45) is 0 Å². The van der Waals surface area contributed by atoms with Crippen LogP contribution < -0.4 is 5.69 Å². The lowest BCUT2D eigenvalue weighted by Crippen LogP contribution is -2.19. The van der Waals surface area contributed by atoms with Gasteiger partial charge in [-0.05, 0) is 6.92 Å². The number of carboxylic acids is 1. The van der Waals surface area contributed by atoms with Crippen molar-refractivity contribution in [3.63, 3.8) is 0 Å². The molecular weight excluding hydrogens is 220 g/mol.